The zero-order valence-corrected chi connectivity index (χ0v) is 12.9. The van der Waals surface area contributed by atoms with Crippen LogP contribution in [0.5, 0.6) is 0 Å². The Hall–Kier alpha value is -1.88. The highest BCUT2D eigenvalue weighted by Crippen LogP contribution is 2.20. The molecular weight excluding hydrogens is 280 g/mol. The third-order valence-electron chi connectivity index (χ3n) is 4.41. The molecule has 1 aromatic rings. The molecule has 0 N–H and O–H groups in total. The van der Waals surface area contributed by atoms with Crippen molar-refractivity contribution in [3.63, 3.8) is 0 Å². The minimum absolute atomic E-state index is 0.0216. The van der Waals surface area contributed by atoms with Gasteiger partial charge in [0.15, 0.2) is 0 Å². The standard InChI is InChI=1S/C17H22N2O3/c1-13-7-8-18(9-13)17(21)15-11-22-12-16(20)19(15)10-14-5-3-2-4-6-14/h2-6,13,15H,7-12H2,1H3. The average molecular weight is 302 g/mol. The third-order valence-corrected chi connectivity index (χ3v) is 4.41. The summed E-state index contributed by atoms with van der Waals surface area (Å²) in [5.41, 5.74) is 1.03. The Balaban J connectivity index is 1.75. The fourth-order valence-electron chi connectivity index (χ4n) is 3.13. The zero-order valence-electron chi connectivity index (χ0n) is 12.9. The Morgan fingerprint density at radius 3 is 2.77 bits per heavy atom. The minimum Gasteiger partial charge on any atom is -0.369 e. The first-order valence-electron chi connectivity index (χ1n) is 7.85. The van der Waals surface area contributed by atoms with E-state index in [2.05, 4.69) is 6.92 Å². The first-order chi connectivity index (χ1) is 10.6. The van der Waals surface area contributed by atoms with Crippen LogP contribution in [0.1, 0.15) is 18.9 Å². The van der Waals surface area contributed by atoms with Gasteiger partial charge in [-0.25, -0.2) is 0 Å². The Kier molecular flexibility index (Phi) is 4.43. The van der Waals surface area contributed by atoms with Crippen LogP contribution in [-0.2, 0) is 20.9 Å². The van der Waals surface area contributed by atoms with Crippen LogP contribution in [0, 0.1) is 5.92 Å². The monoisotopic (exact) mass is 302 g/mol. The van der Waals surface area contributed by atoms with Crippen molar-refractivity contribution >= 4 is 11.8 Å². The number of likely N-dealkylation sites (tertiary alicyclic amines) is 1. The molecule has 2 atom stereocenters. The summed E-state index contributed by atoms with van der Waals surface area (Å²) < 4.78 is 5.33. The molecule has 2 saturated heterocycles. The molecule has 1 aromatic carbocycles. The summed E-state index contributed by atoms with van der Waals surface area (Å²) in [7, 11) is 0. The summed E-state index contributed by atoms with van der Waals surface area (Å²) in [5.74, 6) is 0.445. The van der Waals surface area contributed by atoms with Gasteiger partial charge in [-0.1, -0.05) is 37.3 Å². The van der Waals surface area contributed by atoms with Gasteiger partial charge in [0.25, 0.3) is 0 Å². The number of amides is 2. The molecule has 5 heteroatoms. The van der Waals surface area contributed by atoms with Gasteiger partial charge in [0.1, 0.15) is 12.6 Å². The van der Waals surface area contributed by atoms with E-state index in [4.69, 9.17) is 4.74 Å². The predicted octanol–water partition coefficient (Wildman–Crippen LogP) is 1.28. The molecule has 2 heterocycles. The molecule has 2 amide bonds. The molecule has 118 valence electrons. The number of hydrogen-bond donors (Lipinski definition) is 0. The maximum Gasteiger partial charge on any atom is 0.249 e. The lowest BCUT2D eigenvalue weighted by molar-refractivity contribution is -0.159. The second-order valence-electron chi connectivity index (χ2n) is 6.22. The van der Waals surface area contributed by atoms with Crippen molar-refractivity contribution < 1.29 is 14.3 Å². The number of nitrogens with zero attached hydrogens (tertiary/aromatic N) is 2. The molecule has 0 spiro atoms. The molecule has 0 aliphatic carbocycles. The molecule has 5 nitrogen and oxygen atoms in total. The van der Waals surface area contributed by atoms with Gasteiger partial charge in [0.2, 0.25) is 11.8 Å². The largest absolute Gasteiger partial charge is 0.369 e. The average Bonchev–Trinajstić information content (AvgIpc) is 2.96. The highest BCUT2D eigenvalue weighted by atomic mass is 16.5. The van der Waals surface area contributed by atoms with Crippen molar-refractivity contribution in [1.82, 2.24) is 9.80 Å². The number of benzene rings is 1. The van der Waals surface area contributed by atoms with E-state index in [1.807, 2.05) is 35.2 Å². The lowest BCUT2D eigenvalue weighted by Crippen LogP contribution is -2.56. The molecule has 0 bridgehead atoms. The highest BCUT2D eigenvalue weighted by Gasteiger charge is 2.37. The van der Waals surface area contributed by atoms with Crippen molar-refractivity contribution in [2.45, 2.75) is 25.9 Å². The van der Waals surface area contributed by atoms with Crippen LogP contribution < -0.4 is 0 Å². The van der Waals surface area contributed by atoms with E-state index in [1.165, 1.54) is 0 Å². The van der Waals surface area contributed by atoms with E-state index in [0.29, 0.717) is 19.1 Å². The molecular formula is C17H22N2O3. The zero-order chi connectivity index (χ0) is 15.5. The summed E-state index contributed by atoms with van der Waals surface area (Å²) in [6.07, 6.45) is 1.03. The Labute approximate surface area is 130 Å². The van der Waals surface area contributed by atoms with E-state index in [9.17, 15) is 9.59 Å². The van der Waals surface area contributed by atoms with Gasteiger partial charge in [0, 0.05) is 19.6 Å². The van der Waals surface area contributed by atoms with Gasteiger partial charge in [0.05, 0.1) is 6.61 Å². The fourth-order valence-corrected chi connectivity index (χ4v) is 3.13. The molecule has 0 saturated carbocycles. The molecule has 2 fully saturated rings. The molecule has 2 aliphatic heterocycles. The lowest BCUT2D eigenvalue weighted by atomic mass is 10.1. The number of ether oxygens (including phenoxy) is 1. The maximum atomic E-state index is 12.7. The van der Waals surface area contributed by atoms with E-state index < -0.39 is 6.04 Å². The second kappa shape index (κ2) is 6.48. The summed E-state index contributed by atoms with van der Waals surface area (Å²) in [6, 6.07) is 9.29. The van der Waals surface area contributed by atoms with Gasteiger partial charge in [-0.2, -0.15) is 0 Å². The van der Waals surface area contributed by atoms with Crippen molar-refractivity contribution in [3.05, 3.63) is 35.9 Å². The lowest BCUT2D eigenvalue weighted by Gasteiger charge is -2.36. The van der Waals surface area contributed by atoms with Gasteiger partial charge < -0.3 is 14.5 Å². The topological polar surface area (TPSA) is 49.9 Å². The van der Waals surface area contributed by atoms with Crippen LogP contribution in [0.2, 0.25) is 0 Å². The Morgan fingerprint density at radius 1 is 1.32 bits per heavy atom. The van der Waals surface area contributed by atoms with Crippen LogP contribution in [0.3, 0.4) is 0 Å². The molecule has 2 unspecified atom stereocenters. The first kappa shape index (κ1) is 15.0. The van der Waals surface area contributed by atoms with Gasteiger partial charge in [-0.3, -0.25) is 9.59 Å². The van der Waals surface area contributed by atoms with Crippen LogP contribution in [0.4, 0.5) is 0 Å². The summed E-state index contributed by atoms with van der Waals surface area (Å²) in [6.45, 7) is 4.53. The van der Waals surface area contributed by atoms with Crippen LogP contribution in [0.15, 0.2) is 30.3 Å². The summed E-state index contributed by atoms with van der Waals surface area (Å²) >= 11 is 0. The van der Waals surface area contributed by atoms with Crippen molar-refractivity contribution in [3.8, 4) is 0 Å². The smallest absolute Gasteiger partial charge is 0.249 e. The van der Waals surface area contributed by atoms with Gasteiger partial charge in [-0.05, 0) is 17.9 Å². The van der Waals surface area contributed by atoms with Gasteiger partial charge >= 0.3 is 0 Å². The normalized spacial score (nSPS) is 25.6. The first-order valence-corrected chi connectivity index (χ1v) is 7.85. The molecule has 2 aliphatic rings. The number of rotatable bonds is 3. The predicted molar refractivity (Wildman–Crippen MR) is 82.0 cm³/mol. The quantitative estimate of drug-likeness (QED) is 0.845. The van der Waals surface area contributed by atoms with Crippen molar-refractivity contribution in [2.24, 2.45) is 5.92 Å². The van der Waals surface area contributed by atoms with Crippen LogP contribution in [-0.4, -0.2) is 54.0 Å². The summed E-state index contributed by atoms with van der Waals surface area (Å²) in [4.78, 5) is 28.5. The molecule has 0 radical (unpaired) electrons. The number of morpholine rings is 1. The van der Waals surface area contributed by atoms with Crippen LogP contribution >= 0.6 is 0 Å². The van der Waals surface area contributed by atoms with Gasteiger partial charge in [-0.15, -0.1) is 0 Å². The Morgan fingerprint density at radius 2 is 2.09 bits per heavy atom. The van der Waals surface area contributed by atoms with Crippen molar-refractivity contribution in [1.29, 1.82) is 0 Å². The molecule has 3 rings (SSSR count). The van der Waals surface area contributed by atoms with Crippen LogP contribution in [0.25, 0.3) is 0 Å². The number of hydrogen-bond acceptors (Lipinski definition) is 3. The SMILES string of the molecule is CC1CCN(C(=O)C2COCC(=O)N2Cc2ccccc2)C1. The van der Waals surface area contributed by atoms with E-state index in [1.54, 1.807) is 4.90 Å². The molecule has 22 heavy (non-hydrogen) atoms. The maximum absolute atomic E-state index is 12.7. The number of carbonyl (C=O) groups excluding carboxylic acids is 2. The number of carbonyl (C=O) groups is 2. The second-order valence-corrected chi connectivity index (χ2v) is 6.22. The third kappa shape index (κ3) is 3.14. The van der Waals surface area contributed by atoms with E-state index in [-0.39, 0.29) is 18.4 Å². The summed E-state index contributed by atoms with van der Waals surface area (Å²) in [5, 5.41) is 0. The molecule has 0 aromatic heterocycles. The van der Waals surface area contributed by atoms with E-state index in [0.717, 1.165) is 25.1 Å². The van der Waals surface area contributed by atoms with Crippen molar-refractivity contribution in [2.75, 3.05) is 26.3 Å². The highest BCUT2D eigenvalue weighted by molar-refractivity contribution is 5.89. The Bertz CT molecular complexity index is 546. The minimum atomic E-state index is -0.494. The van der Waals surface area contributed by atoms with E-state index >= 15 is 0 Å². The fraction of sp³-hybridized carbons (Fsp3) is 0.529.